The fourth-order valence-corrected chi connectivity index (χ4v) is 2.35. The Hall–Kier alpha value is -2.15. The number of aromatic carboxylic acids is 1. The van der Waals surface area contributed by atoms with E-state index in [0.29, 0.717) is 13.1 Å². The van der Waals surface area contributed by atoms with Crippen LogP contribution in [0.15, 0.2) is 18.2 Å². The van der Waals surface area contributed by atoms with E-state index in [9.17, 15) is 14.0 Å². The van der Waals surface area contributed by atoms with Crippen LogP contribution in [-0.4, -0.2) is 60.1 Å². The van der Waals surface area contributed by atoms with Crippen LogP contribution in [0.25, 0.3) is 0 Å². The third kappa shape index (κ3) is 3.49. The maximum atomic E-state index is 13.2. The molecule has 0 saturated carbocycles. The number of hydrogen-bond donors (Lipinski definition) is 2. The second kappa shape index (κ2) is 6.09. The zero-order chi connectivity index (χ0) is 15.6. The minimum Gasteiger partial charge on any atom is -0.478 e. The third-order valence-electron chi connectivity index (χ3n) is 3.63. The van der Waals surface area contributed by atoms with Gasteiger partial charge >= 0.3 is 12.0 Å². The van der Waals surface area contributed by atoms with E-state index in [1.54, 1.807) is 4.90 Å². The second-order valence-electron chi connectivity index (χ2n) is 5.28. The minimum absolute atomic E-state index is 0.0270. The van der Waals surface area contributed by atoms with E-state index in [1.165, 1.54) is 0 Å². The Morgan fingerprint density at radius 2 is 2.14 bits per heavy atom. The van der Waals surface area contributed by atoms with Gasteiger partial charge in [-0.15, -0.1) is 0 Å². The Morgan fingerprint density at radius 3 is 2.71 bits per heavy atom. The van der Waals surface area contributed by atoms with Crippen LogP contribution in [0, 0.1) is 5.82 Å². The summed E-state index contributed by atoms with van der Waals surface area (Å²) in [7, 11) is 3.89. The number of urea groups is 1. The number of benzene rings is 1. The maximum Gasteiger partial charge on any atom is 0.337 e. The standard InChI is InChI=1S/C14H18FN3O3/c1-17(2)10-5-6-18(8-10)14(21)16-12-7-9(15)3-4-11(12)13(19)20/h3-4,7,10H,5-6,8H2,1-2H3,(H,16,21)(H,19,20). The number of likely N-dealkylation sites (N-methyl/N-ethyl adjacent to an activating group) is 1. The predicted octanol–water partition coefficient (Wildman–Crippen LogP) is 1.69. The number of carbonyl (C=O) groups is 2. The number of nitrogens with zero attached hydrogens (tertiary/aromatic N) is 2. The van der Waals surface area contributed by atoms with Gasteiger partial charge in [-0.05, 0) is 38.7 Å². The molecule has 0 aromatic heterocycles. The quantitative estimate of drug-likeness (QED) is 0.890. The first-order valence-corrected chi connectivity index (χ1v) is 6.63. The lowest BCUT2D eigenvalue weighted by molar-refractivity contribution is 0.0698. The summed E-state index contributed by atoms with van der Waals surface area (Å²) in [6.07, 6.45) is 0.857. The first-order chi connectivity index (χ1) is 9.88. The second-order valence-corrected chi connectivity index (χ2v) is 5.28. The Labute approximate surface area is 122 Å². The predicted molar refractivity (Wildman–Crippen MR) is 76.0 cm³/mol. The highest BCUT2D eigenvalue weighted by molar-refractivity contribution is 6.00. The molecule has 21 heavy (non-hydrogen) atoms. The minimum atomic E-state index is -1.21. The summed E-state index contributed by atoms with van der Waals surface area (Å²) in [5, 5.41) is 11.5. The molecule has 0 aliphatic carbocycles. The van der Waals surface area contributed by atoms with Crippen LogP contribution in [0.5, 0.6) is 0 Å². The molecule has 1 aromatic carbocycles. The van der Waals surface area contributed by atoms with Crippen molar-refractivity contribution in [1.29, 1.82) is 0 Å². The average Bonchev–Trinajstić information content (AvgIpc) is 2.88. The molecule has 1 aliphatic heterocycles. The molecular formula is C14H18FN3O3. The monoisotopic (exact) mass is 295 g/mol. The number of likely N-dealkylation sites (tertiary alicyclic amines) is 1. The van der Waals surface area contributed by atoms with E-state index in [-0.39, 0.29) is 17.3 Å². The fraction of sp³-hybridized carbons (Fsp3) is 0.429. The van der Waals surface area contributed by atoms with Gasteiger partial charge in [0.2, 0.25) is 0 Å². The van der Waals surface area contributed by atoms with Gasteiger partial charge in [0, 0.05) is 19.1 Å². The number of halogens is 1. The topological polar surface area (TPSA) is 72.9 Å². The Balaban J connectivity index is 2.10. The molecule has 2 N–H and O–H groups in total. The Kier molecular flexibility index (Phi) is 4.42. The van der Waals surface area contributed by atoms with Gasteiger partial charge < -0.3 is 20.2 Å². The van der Waals surface area contributed by atoms with Crippen molar-refractivity contribution in [2.75, 3.05) is 32.5 Å². The van der Waals surface area contributed by atoms with Crippen molar-refractivity contribution in [2.24, 2.45) is 0 Å². The number of nitrogens with one attached hydrogen (secondary N) is 1. The molecule has 1 saturated heterocycles. The van der Waals surface area contributed by atoms with Gasteiger partial charge in [-0.3, -0.25) is 0 Å². The molecule has 2 amide bonds. The van der Waals surface area contributed by atoms with Gasteiger partial charge in [0.15, 0.2) is 0 Å². The van der Waals surface area contributed by atoms with E-state index in [1.807, 2.05) is 19.0 Å². The van der Waals surface area contributed by atoms with Gasteiger partial charge in [-0.1, -0.05) is 0 Å². The molecule has 1 heterocycles. The van der Waals surface area contributed by atoms with Crippen LogP contribution >= 0.6 is 0 Å². The largest absolute Gasteiger partial charge is 0.478 e. The van der Waals surface area contributed by atoms with E-state index in [0.717, 1.165) is 24.6 Å². The Morgan fingerprint density at radius 1 is 1.43 bits per heavy atom. The van der Waals surface area contributed by atoms with Gasteiger partial charge in [-0.2, -0.15) is 0 Å². The molecule has 0 radical (unpaired) electrons. The van der Waals surface area contributed by atoms with Crippen LogP contribution in [-0.2, 0) is 0 Å². The summed E-state index contributed by atoms with van der Waals surface area (Å²) < 4.78 is 13.2. The van der Waals surface area contributed by atoms with Crippen LogP contribution in [0.1, 0.15) is 16.8 Å². The van der Waals surface area contributed by atoms with Crippen molar-refractivity contribution >= 4 is 17.7 Å². The van der Waals surface area contributed by atoms with Crippen LogP contribution in [0.4, 0.5) is 14.9 Å². The van der Waals surface area contributed by atoms with Crippen molar-refractivity contribution < 1.29 is 19.1 Å². The molecular weight excluding hydrogens is 277 g/mol. The maximum absolute atomic E-state index is 13.2. The zero-order valence-electron chi connectivity index (χ0n) is 12.0. The summed E-state index contributed by atoms with van der Waals surface area (Å²) in [4.78, 5) is 26.9. The molecule has 0 bridgehead atoms. The number of amides is 2. The molecule has 1 unspecified atom stereocenters. The van der Waals surface area contributed by atoms with Crippen molar-refractivity contribution in [3.63, 3.8) is 0 Å². The fourth-order valence-electron chi connectivity index (χ4n) is 2.35. The van der Waals surface area contributed by atoms with Crippen LogP contribution in [0.2, 0.25) is 0 Å². The number of anilines is 1. The molecule has 1 fully saturated rings. The summed E-state index contributed by atoms with van der Waals surface area (Å²) in [5.74, 6) is -1.80. The molecule has 1 aromatic rings. The summed E-state index contributed by atoms with van der Waals surface area (Å²) >= 11 is 0. The number of carboxylic acids is 1. The van der Waals surface area contributed by atoms with E-state index < -0.39 is 17.8 Å². The molecule has 7 heteroatoms. The molecule has 1 atom stereocenters. The van der Waals surface area contributed by atoms with Gasteiger partial charge in [0.25, 0.3) is 0 Å². The highest BCUT2D eigenvalue weighted by Gasteiger charge is 2.28. The molecule has 1 aliphatic rings. The summed E-state index contributed by atoms with van der Waals surface area (Å²) in [6, 6.07) is 3.08. The van der Waals surface area contributed by atoms with Crippen molar-refractivity contribution in [3.8, 4) is 0 Å². The summed E-state index contributed by atoms with van der Waals surface area (Å²) in [6.45, 7) is 1.16. The van der Waals surface area contributed by atoms with Crippen molar-refractivity contribution in [2.45, 2.75) is 12.5 Å². The van der Waals surface area contributed by atoms with Crippen molar-refractivity contribution in [1.82, 2.24) is 9.80 Å². The highest BCUT2D eigenvalue weighted by atomic mass is 19.1. The molecule has 6 nitrogen and oxygen atoms in total. The number of carboxylic acid groups (broad SMARTS) is 1. The molecule has 0 spiro atoms. The van der Waals surface area contributed by atoms with Gasteiger partial charge in [0.1, 0.15) is 5.82 Å². The first kappa shape index (κ1) is 15.2. The molecule has 2 rings (SSSR count). The number of hydrogen-bond acceptors (Lipinski definition) is 3. The SMILES string of the molecule is CN(C)C1CCN(C(=O)Nc2cc(F)ccc2C(=O)O)C1. The van der Waals surface area contributed by atoms with E-state index in [2.05, 4.69) is 5.32 Å². The molecule has 114 valence electrons. The van der Waals surface area contributed by atoms with Gasteiger partial charge in [0.05, 0.1) is 11.3 Å². The average molecular weight is 295 g/mol. The highest BCUT2D eigenvalue weighted by Crippen LogP contribution is 2.20. The van der Waals surface area contributed by atoms with E-state index in [4.69, 9.17) is 5.11 Å². The van der Waals surface area contributed by atoms with Gasteiger partial charge in [-0.25, -0.2) is 14.0 Å². The first-order valence-electron chi connectivity index (χ1n) is 6.63. The lowest BCUT2D eigenvalue weighted by atomic mass is 10.2. The van der Waals surface area contributed by atoms with Crippen molar-refractivity contribution in [3.05, 3.63) is 29.6 Å². The third-order valence-corrected chi connectivity index (χ3v) is 3.63. The smallest absolute Gasteiger partial charge is 0.337 e. The normalized spacial score (nSPS) is 18.1. The van der Waals surface area contributed by atoms with Crippen LogP contribution < -0.4 is 5.32 Å². The van der Waals surface area contributed by atoms with E-state index >= 15 is 0 Å². The number of carbonyl (C=O) groups excluding carboxylic acids is 1. The Bertz CT molecular complexity index is 562. The zero-order valence-corrected chi connectivity index (χ0v) is 12.0. The lowest BCUT2D eigenvalue weighted by Crippen LogP contribution is -2.37. The lowest BCUT2D eigenvalue weighted by Gasteiger charge is -2.21. The number of rotatable bonds is 3. The summed E-state index contributed by atoms with van der Waals surface area (Å²) in [5.41, 5.74) is -0.158. The van der Waals surface area contributed by atoms with Crippen LogP contribution in [0.3, 0.4) is 0 Å².